The normalized spacial score (nSPS) is 13.0. The maximum absolute atomic E-state index is 10.0. The minimum Gasteiger partial charge on any atom is -0.479 e. The zero-order valence-electron chi connectivity index (χ0n) is 5.61. The molecular weight excluding hydrogens is 172 g/mol. The minimum atomic E-state index is -1.19. The maximum atomic E-state index is 10.0. The van der Waals surface area contributed by atoms with Crippen molar-refractivity contribution >= 4 is 27.6 Å². The zero-order chi connectivity index (χ0) is 7.98. The molecule has 1 unspecified atom stereocenters. The number of carboxylic acids is 1. The average molecular weight is 182 g/mol. The molecule has 10 heavy (non-hydrogen) atoms. The van der Waals surface area contributed by atoms with Crippen LogP contribution in [-0.4, -0.2) is 34.3 Å². The quantitative estimate of drug-likeness (QED) is 0.487. The van der Waals surface area contributed by atoms with Gasteiger partial charge in [0.25, 0.3) is 0 Å². The summed E-state index contributed by atoms with van der Waals surface area (Å²) in [6, 6.07) is 0. The third-order valence-corrected chi connectivity index (χ3v) is 2.72. The summed E-state index contributed by atoms with van der Waals surface area (Å²) in [6.07, 6.45) is 1.04. The van der Waals surface area contributed by atoms with Gasteiger partial charge in [0, 0.05) is 5.75 Å². The van der Waals surface area contributed by atoms with Crippen LogP contribution in [-0.2, 0) is 4.79 Å². The van der Waals surface area contributed by atoms with Crippen LogP contribution in [0.3, 0.4) is 0 Å². The first kappa shape index (κ1) is 10.1. The molecule has 60 valence electrons. The number of carbonyl (C=O) groups is 1. The molecule has 3 nitrogen and oxygen atoms in total. The Labute approximate surface area is 67.6 Å². The van der Waals surface area contributed by atoms with E-state index in [1.54, 1.807) is 21.6 Å². The third kappa shape index (κ3) is 4.96. The van der Waals surface area contributed by atoms with Gasteiger partial charge < -0.3 is 10.2 Å². The Bertz CT molecular complexity index is 107. The van der Waals surface area contributed by atoms with Gasteiger partial charge in [-0.3, -0.25) is 0 Å². The Hall–Kier alpha value is 0.130. The summed E-state index contributed by atoms with van der Waals surface area (Å²) in [5, 5.41) is 16.9. The Morgan fingerprint density at radius 2 is 2.30 bits per heavy atom. The highest BCUT2D eigenvalue weighted by atomic mass is 33.1. The molecule has 0 aromatic heterocycles. The molecule has 0 saturated heterocycles. The number of carboxylic acid groups (broad SMARTS) is 1. The third-order valence-electron chi connectivity index (χ3n) is 0.878. The predicted molar refractivity (Wildman–Crippen MR) is 44.2 cm³/mol. The molecule has 2 N–H and O–H groups in total. The average Bonchev–Trinajstić information content (AvgIpc) is 1.88. The summed E-state index contributed by atoms with van der Waals surface area (Å²) in [5.41, 5.74) is 0. The van der Waals surface area contributed by atoms with E-state index in [1.165, 1.54) is 0 Å². The summed E-state index contributed by atoms with van der Waals surface area (Å²) in [5.74, 6) is -0.462. The second kappa shape index (κ2) is 5.88. The zero-order valence-corrected chi connectivity index (χ0v) is 7.24. The molecule has 0 aliphatic heterocycles. The van der Waals surface area contributed by atoms with Crippen LogP contribution in [0.2, 0.25) is 0 Å². The molecule has 0 aromatic rings. The van der Waals surface area contributed by atoms with E-state index in [1.807, 2.05) is 6.26 Å². The Morgan fingerprint density at radius 3 is 2.70 bits per heavy atom. The second-order valence-electron chi connectivity index (χ2n) is 1.63. The highest BCUT2D eigenvalue weighted by Crippen LogP contribution is 2.18. The fourth-order valence-corrected chi connectivity index (χ4v) is 1.64. The molecule has 0 aliphatic rings. The lowest BCUT2D eigenvalue weighted by Crippen LogP contribution is -2.19. The van der Waals surface area contributed by atoms with Crippen molar-refractivity contribution in [3.8, 4) is 0 Å². The van der Waals surface area contributed by atoms with E-state index >= 15 is 0 Å². The number of hydrogen-bond donors (Lipinski definition) is 2. The molecule has 0 aromatic carbocycles. The molecule has 0 saturated carbocycles. The smallest absolute Gasteiger partial charge is 0.332 e. The fourth-order valence-electron chi connectivity index (χ4n) is 0.367. The first-order chi connectivity index (χ1) is 4.68. The van der Waals surface area contributed by atoms with Crippen molar-refractivity contribution in [1.29, 1.82) is 0 Å². The topological polar surface area (TPSA) is 57.5 Å². The molecule has 0 heterocycles. The summed E-state index contributed by atoms with van der Waals surface area (Å²) < 4.78 is 0. The van der Waals surface area contributed by atoms with E-state index in [4.69, 9.17) is 10.2 Å². The standard InChI is InChI=1S/C5H10O3S2/c1-9-10-3-2-4(6)5(7)8/h4,6H,2-3H2,1H3,(H,7,8). The lowest BCUT2D eigenvalue weighted by molar-refractivity contribution is -0.146. The van der Waals surface area contributed by atoms with Crippen molar-refractivity contribution in [3.05, 3.63) is 0 Å². The number of aliphatic hydroxyl groups is 1. The van der Waals surface area contributed by atoms with E-state index in [2.05, 4.69) is 0 Å². The first-order valence-corrected chi connectivity index (χ1v) is 5.47. The summed E-state index contributed by atoms with van der Waals surface area (Å²) in [7, 11) is 3.12. The van der Waals surface area contributed by atoms with E-state index in [0.717, 1.165) is 0 Å². The van der Waals surface area contributed by atoms with Crippen LogP contribution in [0.15, 0.2) is 0 Å². The molecular formula is C5H10O3S2. The van der Waals surface area contributed by atoms with Gasteiger partial charge >= 0.3 is 5.97 Å². The number of hydrogen-bond acceptors (Lipinski definition) is 4. The summed E-state index contributed by atoms with van der Waals surface area (Å²) in [6.45, 7) is 0. The van der Waals surface area contributed by atoms with Crippen molar-refractivity contribution in [3.63, 3.8) is 0 Å². The summed E-state index contributed by atoms with van der Waals surface area (Å²) in [4.78, 5) is 10.0. The Morgan fingerprint density at radius 1 is 1.70 bits per heavy atom. The van der Waals surface area contributed by atoms with Crippen LogP contribution in [0.1, 0.15) is 6.42 Å². The van der Waals surface area contributed by atoms with Crippen LogP contribution in [0, 0.1) is 0 Å². The van der Waals surface area contributed by atoms with Crippen LogP contribution in [0.4, 0.5) is 0 Å². The lowest BCUT2D eigenvalue weighted by atomic mass is 10.3. The summed E-state index contributed by atoms with van der Waals surface area (Å²) >= 11 is 0. The number of rotatable bonds is 5. The van der Waals surface area contributed by atoms with Crippen molar-refractivity contribution < 1.29 is 15.0 Å². The van der Waals surface area contributed by atoms with Gasteiger partial charge in [-0.05, 0) is 12.7 Å². The molecule has 0 rings (SSSR count). The highest BCUT2D eigenvalue weighted by molar-refractivity contribution is 8.76. The Balaban J connectivity index is 3.21. The van der Waals surface area contributed by atoms with E-state index in [9.17, 15) is 4.79 Å². The minimum absolute atomic E-state index is 0.320. The van der Waals surface area contributed by atoms with E-state index < -0.39 is 12.1 Å². The van der Waals surface area contributed by atoms with Gasteiger partial charge in [0.05, 0.1) is 0 Å². The van der Waals surface area contributed by atoms with Crippen molar-refractivity contribution in [2.24, 2.45) is 0 Å². The van der Waals surface area contributed by atoms with Crippen molar-refractivity contribution in [2.45, 2.75) is 12.5 Å². The van der Waals surface area contributed by atoms with Gasteiger partial charge in [0.2, 0.25) is 0 Å². The molecule has 0 fully saturated rings. The molecule has 0 amide bonds. The van der Waals surface area contributed by atoms with Crippen LogP contribution in [0.5, 0.6) is 0 Å². The largest absolute Gasteiger partial charge is 0.479 e. The maximum Gasteiger partial charge on any atom is 0.332 e. The van der Waals surface area contributed by atoms with Crippen LogP contribution >= 0.6 is 21.6 Å². The van der Waals surface area contributed by atoms with Gasteiger partial charge in [-0.15, -0.1) is 0 Å². The van der Waals surface area contributed by atoms with Gasteiger partial charge in [0.15, 0.2) is 6.10 Å². The highest BCUT2D eigenvalue weighted by Gasteiger charge is 2.11. The fraction of sp³-hybridized carbons (Fsp3) is 0.800. The number of aliphatic carboxylic acids is 1. The molecule has 0 bridgehead atoms. The van der Waals surface area contributed by atoms with E-state index in [0.29, 0.717) is 12.2 Å². The monoisotopic (exact) mass is 182 g/mol. The Kier molecular flexibility index (Phi) is 5.96. The van der Waals surface area contributed by atoms with Gasteiger partial charge in [-0.2, -0.15) is 0 Å². The molecule has 0 spiro atoms. The van der Waals surface area contributed by atoms with Crippen molar-refractivity contribution in [1.82, 2.24) is 0 Å². The predicted octanol–water partition coefficient (Wildman–Crippen LogP) is 0.833. The molecule has 5 heteroatoms. The molecule has 0 radical (unpaired) electrons. The number of aliphatic hydroxyl groups excluding tert-OH is 1. The van der Waals surface area contributed by atoms with Crippen LogP contribution in [0.25, 0.3) is 0 Å². The SMILES string of the molecule is CSSCCC(O)C(=O)O. The molecule has 1 atom stereocenters. The van der Waals surface area contributed by atoms with Crippen LogP contribution < -0.4 is 0 Å². The first-order valence-electron chi connectivity index (χ1n) is 2.75. The van der Waals surface area contributed by atoms with Gasteiger partial charge in [0.1, 0.15) is 0 Å². The van der Waals surface area contributed by atoms with Crippen molar-refractivity contribution in [2.75, 3.05) is 12.0 Å². The van der Waals surface area contributed by atoms with E-state index in [-0.39, 0.29) is 0 Å². The van der Waals surface area contributed by atoms with Gasteiger partial charge in [-0.1, -0.05) is 21.6 Å². The molecule has 0 aliphatic carbocycles. The lowest BCUT2D eigenvalue weighted by Gasteiger charge is -2.02. The second-order valence-corrected chi connectivity index (χ2v) is 4.32. The van der Waals surface area contributed by atoms with Gasteiger partial charge in [-0.25, -0.2) is 4.79 Å².